The van der Waals surface area contributed by atoms with Gasteiger partial charge in [-0.2, -0.15) is 0 Å². The number of rotatable bonds is 5. The van der Waals surface area contributed by atoms with Gasteiger partial charge < -0.3 is 15.1 Å². The molecule has 0 saturated heterocycles. The molecule has 110 valence electrons. The number of aryl methyl sites for hydroxylation is 1. The summed E-state index contributed by atoms with van der Waals surface area (Å²) in [6.45, 7) is 1.53. The molecular formula is C11H15N3O6. The molecule has 0 aliphatic rings. The van der Waals surface area contributed by atoms with Crippen LogP contribution in [-0.4, -0.2) is 49.3 Å². The van der Waals surface area contributed by atoms with Crippen molar-refractivity contribution in [3.63, 3.8) is 0 Å². The zero-order chi connectivity index (χ0) is 15.4. The molecule has 9 nitrogen and oxygen atoms in total. The number of carbonyl (C=O) groups is 2. The quantitative estimate of drug-likeness (QED) is 0.541. The summed E-state index contributed by atoms with van der Waals surface area (Å²) < 4.78 is 0.941. The normalized spacial score (nSPS) is 11.9. The molecular weight excluding hydrogens is 270 g/mol. The van der Waals surface area contributed by atoms with Crippen molar-refractivity contribution in [1.82, 2.24) is 14.5 Å². The maximum absolute atomic E-state index is 11.9. The minimum atomic E-state index is -1.31. The van der Waals surface area contributed by atoms with Gasteiger partial charge in [0.1, 0.15) is 19.3 Å². The Hall–Kier alpha value is -2.42. The number of hydrogen-bond donors (Lipinski definition) is 3. The number of H-pyrrole nitrogens is 1. The Bertz CT molecular complexity index is 630. The third-order valence-corrected chi connectivity index (χ3v) is 2.57. The lowest BCUT2D eigenvalue weighted by molar-refractivity contribution is -0.152. The number of aliphatic hydroxyl groups excluding tert-OH is 1. The second kappa shape index (κ2) is 6.15. The molecule has 0 fully saturated rings. The van der Waals surface area contributed by atoms with Gasteiger partial charge in [0.15, 0.2) is 0 Å². The van der Waals surface area contributed by atoms with Crippen LogP contribution < -0.4 is 11.2 Å². The lowest BCUT2D eigenvalue weighted by Gasteiger charge is -2.23. The van der Waals surface area contributed by atoms with Crippen LogP contribution in [0.15, 0.2) is 15.8 Å². The molecule has 1 amide bonds. The van der Waals surface area contributed by atoms with Gasteiger partial charge >= 0.3 is 11.7 Å². The van der Waals surface area contributed by atoms with Crippen molar-refractivity contribution in [3.05, 3.63) is 32.6 Å². The second-order valence-corrected chi connectivity index (χ2v) is 4.25. The minimum absolute atomic E-state index is 0.235. The minimum Gasteiger partial charge on any atom is -0.480 e. The summed E-state index contributed by atoms with van der Waals surface area (Å²) in [5, 5.41) is 18.0. The van der Waals surface area contributed by atoms with E-state index in [0.29, 0.717) is 4.90 Å². The SMILES string of the molecule is Cc1cn(CC(=O)N(CC(=O)O)C(C)O)c(=O)[nH]c1=O. The second-order valence-electron chi connectivity index (χ2n) is 4.25. The van der Waals surface area contributed by atoms with Gasteiger partial charge in [0.2, 0.25) is 5.91 Å². The van der Waals surface area contributed by atoms with Crippen molar-refractivity contribution < 1.29 is 19.8 Å². The Kier molecular flexibility index (Phi) is 4.81. The number of hydrogen-bond acceptors (Lipinski definition) is 5. The average Bonchev–Trinajstić information content (AvgIpc) is 2.32. The first-order chi connectivity index (χ1) is 9.22. The zero-order valence-electron chi connectivity index (χ0n) is 11.0. The van der Waals surface area contributed by atoms with E-state index in [9.17, 15) is 24.3 Å². The Balaban J connectivity index is 2.99. The molecule has 0 aliphatic heterocycles. The van der Waals surface area contributed by atoms with E-state index in [2.05, 4.69) is 0 Å². The van der Waals surface area contributed by atoms with E-state index < -0.39 is 42.4 Å². The first-order valence-corrected chi connectivity index (χ1v) is 5.72. The monoisotopic (exact) mass is 285 g/mol. The summed E-state index contributed by atoms with van der Waals surface area (Å²) in [4.78, 5) is 47.9. The molecule has 0 aromatic carbocycles. The van der Waals surface area contributed by atoms with Crippen LogP contribution in [0.1, 0.15) is 12.5 Å². The van der Waals surface area contributed by atoms with Gasteiger partial charge in [-0.1, -0.05) is 0 Å². The fourth-order valence-electron chi connectivity index (χ4n) is 1.55. The van der Waals surface area contributed by atoms with Crippen molar-refractivity contribution in [2.45, 2.75) is 26.6 Å². The van der Waals surface area contributed by atoms with Gasteiger partial charge in [-0.3, -0.25) is 23.9 Å². The number of aromatic nitrogens is 2. The number of nitrogens with one attached hydrogen (secondary N) is 1. The van der Waals surface area contributed by atoms with Gasteiger partial charge in [0, 0.05) is 11.8 Å². The number of carboxylic acids is 1. The lowest BCUT2D eigenvalue weighted by Crippen LogP contribution is -2.45. The van der Waals surface area contributed by atoms with Crippen LogP contribution in [0.4, 0.5) is 0 Å². The molecule has 0 saturated carbocycles. The van der Waals surface area contributed by atoms with E-state index in [1.165, 1.54) is 20.0 Å². The number of nitrogens with zero attached hydrogens (tertiary/aromatic N) is 2. The van der Waals surface area contributed by atoms with Crippen molar-refractivity contribution in [2.24, 2.45) is 0 Å². The van der Waals surface area contributed by atoms with Crippen molar-refractivity contribution in [3.8, 4) is 0 Å². The molecule has 0 spiro atoms. The highest BCUT2D eigenvalue weighted by Crippen LogP contribution is 1.98. The van der Waals surface area contributed by atoms with Crippen LogP contribution in [0.3, 0.4) is 0 Å². The van der Waals surface area contributed by atoms with Gasteiger partial charge in [-0.05, 0) is 13.8 Å². The summed E-state index contributed by atoms with van der Waals surface area (Å²) in [6, 6.07) is 0. The number of carboxylic acid groups (broad SMARTS) is 1. The predicted molar refractivity (Wildman–Crippen MR) is 67.1 cm³/mol. The van der Waals surface area contributed by atoms with Crippen molar-refractivity contribution in [1.29, 1.82) is 0 Å². The summed E-state index contributed by atoms with van der Waals surface area (Å²) >= 11 is 0. The van der Waals surface area contributed by atoms with E-state index in [0.717, 1.165) is 4.57 Å². The highest BCUT2D eigenvalue weighted by molar-refractivity contribution is 5.81. The number of carbonyl (C=O) groups excluding carboxylic acids is 1. The summed E-state index contributed by atoms with van der Waals surface area (Å²) in [6.07, 6.45) is -0.113. The van der Waals surface area contributed by atoms with Gasteiger partial charge in [0.05, 0.1) is 0 Å². The smallest absolute Gasteiger partial charge is 0.328 e. The standard InChI is InChI=1S/C11H15N3O6/c1-6-3-13(11(20)12-10(6)19)4-8(16)14(7(2)15)5-9(17)18/h3,7,15H,4-5H2,1-2H3,(H,17,18)(H,12,19,20). The van der Waals surface area contributed by atoms with Crippen molar-refractivity contribution in [2.75, 3.05) is 6.54 Å². The average molecular weight is 285 g/mol. The maximum atomic E-state index is 11.9. The lowest BCUT2D eigenvalue weighted by atomic mass is 10.3. The number of aromatic amines is 1. The summed E-state index contributed by atoms with van der Waals surface area (Å²) in [5.41, 5.74) is -1.11. The van der Waals surface area contributed by atoms with Gasteiger partial charge in [-0.15, -0.1) is 0 Å². The first kappa shape index (κ1) is 15.6. The third kappa shape index (κ3) is 3.79. The van der Waals surface area contributed by atoms with Crippen LogP contribution >= 0.6 is 0 Å². The highest BCUT2D eigenvalue weighted by Gasteiger charge is 2.21. The molecule has 1 heterocycles. The Morgan fingerprint density at radius 1 is 1.45 bits per heavy atom. The molecule has 1 rings (SSSR count). The van der Waals surface area contributed by atoms with Crippen LogP contribution in [0.5, 0.6) is 0 Å². The molecule has 1 atom stereocenters. The van der Waals surface area contributed by atoms with E-state index in [-0.39, 0.29) is 5.56 Å². The van der Waals surface area contributed by atoms with Crippen LogP contribution in [0.2, 0.25) is 0 Å². The van der Waals surface area contributed by atoms with Crippen LogP contribution in [-0.2, 0) is 16.1 Å². The van der Waals surface area contributed by atoms with Gasteiger partial charge in [-0.25, -0.2) is 4.79 Å². The first-order valence-electron chi connectivity index (χ1n) is 5.72. The predicted octanol–water partition coefficient (Wildman–Crippen LogP) is -1.90. The largest absolute Gasteiger partial charge is 0.480 e. The number of amides is 1. The molecule has 1 aromatic rings. The molecule has 0 bridgehead atoms. The maximum Gasteiger partial charge on any atom is 0.328 e. The Morgan fingerprint density at radius 3 is 2.55 bits per heavy atom. The third-order valence-electron chi connectivity index (χ3n) is 2.57. The molecule has 1 unspecified atom stereocenters. The number of aliphatic carboxylic acids is 1. The zero-order valence-corrected chi connectivity index (χ0v) is 11.0. The summed E-state index contributed by atoms with van der Waals surface area (Å²) in [7, 11) is 0. The topological polar surface area (TPSA) is 133 Å². The molecule has 20 heavy (non-hydrogen) atoms. The van der Waals surface area contributed by atoms with Gasteiger partial charge in [0.25, 0.3) is 5.56 Å². The Morgan fingerprint density at radius 2 is 2.05 bits per heavy atom. The van der Waals surface area contributed by atoms with E-state index in [1.54, 1.807) is 0 Å². The Labute approximate surface area is 113 Å². The van der Waals surface area contributed by atoms with Crippen LogP contribution in [0.25, 0.3) is 0 Å². The van der Waals surface area contributed by atoms with Crippen LogP contribution in [0, 0.1) is 6.92 Å². The van der Waals surface area contributed by atoms with Crippen molar-refractivity contribution >= 4 is 11.9 Å². The number of aliphatic hydroxyl groups is 1. The summed E-state index contributed by atoms with van der Waals surface area (Å²) in [5.74, 6) is -2.04. The van der Waals surface area contributed by atoms with E-state index >= 15 is 0 Å². The van der Waals surface area contributed by atoms with E-state index in [1.807, 2.05) is 4.98 Å². The molecule has 9 heteroatoms. The fraction of sp³-hybridized carbons (Fsp3) is 0.455. The van der Waals surface area contributed by atoms with E-state index in [4.69, 9.17) is 5.11 Å². The molecule has 0 radical (unpaired) electrons. The molecule has 1 aromatic heterocycles. The highest BCUT2D eigenvalue weighted by atomic mass is 16.4. The fourth-order valence-corrected chi connectivity index (χ4v) is 1.55. The molecule has 0 aliphatic carbocycles. The molecule has 3 N–H and O–H groups in total.